The quantitative estimate of drug-likeness (QED) is 0.390. The minimum Gasteiger partial charge on any atom is -0.333 e. The first-order valence-corrected chi connectivity index (χ1v) is 11.4. The Kier molecular flexibility index (Phi) is 10.6. The number of hydrogen-bond donors (Lipinski definition) is 1. The Morgan fingerprint density at radius 3 is 2.47 bits per heavy atom. The van der Waals surface area contributed by atoms with Crippen LogP contribution in [0.4, 0.5) is 0 Å². The lowest BCUT2D eigenvalue weighted by Gasteiger charge is -2.10. The highest BCUT2D eigenvalue weighted by molar-refractivity contribution is 7.98. The average molecular weight is 445 g/mol. The van der Waals surface area contributed by atoms with Crippen LogP contribution in [-0.4, -0.2) is 28.1 Å². The van der Waals surface area contributed by atoms with Crippen LogP contribution in [0.5, 0.6) is 0 Å². The van der Waals surface area contributed by atoms with Gasteiger partial charge in [-0.2, -0.15) is 0 Å². The third-order valence-electron chi connectivity index (χ3n) is 4.06. The number of aryl methyl sites for hydroxylation is 2. The van der Waals surface area contributed by atoms with Gasteiger partial charge in [-0.3, -0.25) is 4.57 Å². The first-order chi connectivity index (χ1) is 14.7. The second kappa shape index (κ2) is 13.2. The molecule has 1 aromatic heterocycles. The van der Waals surface area contributed by atoms with Crippen LogP contribution in [0.3, 0.4) is 0 Å². The third-order valence-corrected chi connectivity index (χ3v) is 5.29. The molecule has 1 aliphatic carbocycles. The summed E-state index contributed by atoms with van der Waals surface area (Å²) in [6.07, 6.45) is 6.37. The van der Waals surface area contributed by atoms with Crippen LogP contribution < -0.4 is 5.73 Å². The van der Waals surface area contributed by atoms with E-state index < -0.39 is 0 Å². The number of carbonyl (C=O) groups excluding carboxylic acids is 1. The van der Waals surface area contributed by atoms with Gasteiger partial charge in [0.1, 0.15) is 12.1 Å². The first kappa shape index (κ1) is 24.1. The number of carbonyl (C=O) groups is 1. The molecule has 4 rings (SSSR count). The standard InChI is InChI=1S/C19H18ClN3OS.C3H6.CH5N/c1-14-5-2-6-15(11-14)13-25-19-22-21-18(9-4-10-24)23(19)17-8-3-7-16(20)12-17;1-2-3-1;1-2/h2-3,5-8,10-12H,4,9,13H2,1H3;1-3H2;2H2,1H3. The van der Waals surface area contributed by atoms with Gasteiger partial charge in [-0.1, -0.05) is 78.5 Å². The smallest absolute Gasteiger partial charge is 0.196 e. The summed E-state index contributed by atoms with van der Waals surface area (Å²) < 4.78 is 1.98. The summed E-state index contributed by atoms with van der Waals surface area (Å²) >= 11 is 7.77. The van der Waals surface area contributed by atoms with Crippen LogP contribution in [0.15, 0.2) is 53.7 Å². The molecule has 160 valence electrons. The zero-order valence-electron chi connectivity index (χ0n) is 17.6. The van der Waals surface area contributed by atoms with E-state index in [1.54, 1.807) is 11.8 Å². The minimum atomic E-state index is 0.418. The number of thioether (sulfide) groups is 1. The molecular weight excluding hydrogens is 416 g/mol. The summed E-state index contributed by atoms with van der Waals surface area (Å²) in [4.78, 5) is 10.7. The van der Waals surface area contributed by atoms with Gasteiger partial charge in [0, 0.05) is 23.6 Å². The van der Waals surface area contributed by atoms with Gasteiger partial charge in [0.05, 0.1) is 5.69 Å². The predicted octanol–water partition coefficient (Wildman–Crippen LogP) is 5.40. The summed E-state index contributed by atoms with van der Waals surface area (Å²) in [5, 5.41) is 10.1. The number of nitrogens with two attached hydrogens (primary N) is 1. The molecule has 0 saturated heterocycles. The van der Waals surface area contributed by atoms with E-state index in [1.165, 1.54) is 37.4 Å². The van der Waals surface area contributed by atoms with Gasteiger partial charge in [-0.15, -0.1) is 10.2 Å². The molecule has 0 amide bonds. The fraction of sp³-hybridized carbons (Fsp3) is 0.348. The molecule has 2 N–H and O–H groups in total. The zero-order chi connectivity index (χ0) is 21.8. The number of aldehydes is 1. The Hall–Kier alpha value is -2.15. The maximum Gasteiger partial charge on any atom is 0.196 e. The van der Waals surface area contributed by atoms with Crippen LogP contribution >= 0.6 is 23.4 Å². The summed E-state index contributed by atoms with van der Waals surface area (Å²) in [5.41, 5.74) is 7.88. The highest BCUT2D eigenvalue weighted by Crippen LogP contribution is 2.27. The normalized spacial score (nSPS) is 11.6. The summed E-state index contributed by atoms with van der Waals surface area (Å²) in [5.74, 6) is 1.56. The van der Waals surface area contributed by atoms with Crippen molar-refractivity contribution in [1.29, 1.82) is 0 Å². The van der Waals surface area contributed by atoms with Crippen molar-refractivity contribution in [2.75, 3.05) is 7.05 Å². The van der Waals surface area contributed by atoms with Crippen LogP contribution in [-0.2, 0) is 17.0 Å². The van der Waals surface area contributed by atoms with Gasteiger partial charge in [0.25, 0.3) is 0 Å². The molecule has 30 heavy (non-hydrogen) atoms. The van der Waals surface area contributed by atoms with Crippen molar-refractivity contribution in [1.82, 2.24) is 14.8 Å². The van der Waals surface area contributed by atoms with Gasteiger partial charge in [-0.05, 0) is 37.7 Å². The zero-order valence-corrected chi connectivity index (χ0v) is 19.1. The Balaban J connectivity index is 0.000000573. The number of benzene rings is 2. The molecule has 0 aliphatic heterocycles. The Labute approximate surface area is 188 Å². The van der Waals surface area contributed by atoms with E-state index in [2.05, 4.69) is 47.1 Å². The Morgan fingerprint density at radius 1 is 1.10 bits per heavy atom. The molecule has 0 spiro atoms. The molecule has 2 aromatic carbocycles. The van der Waals surface area contributed by atoms with Crippen molar-refractivity contribution in [2.45, 2.75) is 49.9 Å². The first-order valence-electron chi connectivity index (χ1n) is 10.1. The Bertz CT molecular complexity index is 924. The topological polar surface area (TPSA) is 73.8 Å². The largest absolute Gasteiger partial charge is 0.333 e. The van der Waals surface area contributed by atoms with Crippen molar-refractivity contribution in [3.05, 3.63) is 70.5 Å². The van der Waals surface area contributed by atoms with E-state index in [1.807, 2.05) is 28.8 Å². The molecule has 1 saturated carbocycles. The fourth-order valence-corrected chi connectivity index (χ4v) is 3.67. The molecule has 0 unspecified atom stereocenters. The highest BCUT2D eigenvalue weighted by Gasteiger charge is 2.14. The number of halogens is 1. The van der Waals surface area contributed by atoms with Crippen LogP contribution in [0.2, 0.25) is 5.02 Å². The molecule has 1 aliphatic rings. The molecule has 3 aromatic rings. The summed E-state index contributed by atoms with van der Waals surface area (Å²) in [6, 6.07) is 16.0. The van der Waals surface area contributed by atoms with E-state index in [4.69, 9.17) is 11.6 Å². The molecule has 1 heterocycles. The Morgan fingerprint density at radius 2 is 1.83 bits per heavy atom. The maximum absolute atomic E-state index is 10.7. The number of nitrogens with zero attached hydrogens (tertiary/aromatic N) is 3. The third kappa shape index (κ3) is 7.94. The van der Waals surface area contributed by atoms with Crippen molar-refractivity contribution in [3.63, 3.8) is 0 Å². The molecular formula is C23H29ClN4OS. The van der Waals surface area contributed by atoms with E-state index in [0.717, 1.165) is 28.7 Å². The highest BCUT2D eigenvalue weighted by atomic mass is 35.5. The lowest BCUT2D eigenvalue weighted by atomic mass is 10.2. The maximum atomic E-state index is 10.7. The van der Waals surface area contributed by atoms with Gasteiger partial charge in [0.15, 0.2) is 5.16 Å². The molecule has 0 radical (unpaired) electrons. The molecule has 7 heteroatoms. The van der Waals surface area contributed by atoms with E-state index in [-0.39, 0.29) is 0 Å². The van der Waals surface area contributed by atoms with E-state index in [9.17, 15) is 4.79 Å². The van der Waals surface area contributed by atoms with Crippen molar-refractivity contribution >= 4 is 29.6 Å². The fourth-order valence-electron chi connectivity index (χ4n) is 2.57. The van der Waals surface area contributed by atoms with Gasteiger partial charge in [0.2, 0.25) is 0 Å². The van der Waals surface area contributed by atoms with Crippen molar-refractivity contribution in [2.24, 2.45) is 5.73 Å². The van der Waals surface area contributed by atoms with E-state index >= 15 is 0 Å². The number of rotatable bonds is 7. The van der Waals surface area contributed by atoms with Crippen molar-refractivity contribution in [3.8, 4) is 5.69 Å². The number of aromatic nitrogens is 3. The minimum absolute atomic E-state index is 0.418. The molecule has 5 nitrogen and oxygen atoms in total. The molecule has 0 bridgehead atoms. The van der Waals surface area contributed by atoms with E-state index in [0.29, 0.717) is 17.9 Å². The van der Waals surface area contributed by atoms with Crippen LogP contribution in [0.25, 0.3) is 5.69 Å². The summed E-state index contributed by atoms with van der Waals surface area (Å²) in [7, 11) is 1.50. The monoisotopic (exact) mass is 444 g/mol. The molecule has 0 atom stereocenters. The van der Waals surface area contributed by atoms with Gasteiger partial charge >= 0.3 is 0 Å². The van der Waals surface area contributed by atoms with Gasteiger partial charge < -0.3 is 10.5 Å². The lowest BCUT2D eigenvalue weighted by molar-refractivity contribution is -0.107. The second-order valence-electron chi connectivity index (χ2n) is 6.76. The molecule has 1 fully saturated rings. The SMILES string of the molecule is C1CC1.CN.Cc1cccc(CSc2nnc(CCC=O)n2-c2cccc(Cl)c2)c1. The summed E-state index contributed by atoms with van der Waals surface area (Å²) in [6.45, 7) is 2.08. The second-order valence-corrected chi connectivity index (χ2v) is 8.14. The van der Waals surface area contributed by atoms with Crippen molar-refractivity contribution < 1.29 is 4.79 Å². The average Bonchev–Trinajstić information content (AvgIpc) is 3.59. The van der Waals surface area contributed by atoms with Crippen LogP contribution in [0.1, 0.15) is 42.6 Å². The van der Waals surface area contributed by atoms with Crippen LogP contribution in [0, 0.1) is 6.92 Å². The number of hydrogen-bond acceptors (Lipinski definition) is 5. The predicted molar refractivity (Wildman–Crippen MR) is 125 cm³/mol. The van der Waals surface area contributed by atoms with Gasteiger partial charge in [-0.25, -0.2) is 0 Å². The lowest BCUT2D eigenvalue weighted by Crippen LogP contribution is -2.03.